The number of ether oxygens (including phenoxy) is 1. The molecular weight excluding hydrogens is 391 g/mol. The lowest BCUT2D eigenvalue weighted by Crippen LogP contribution is -2.23. The highest BCUT2D eigenvalue weighted by Gasteiger charge is 2.08. The predicted molar refractivity (Wildman–Crippen MR) is 122 cm³/mol. The van der Waals surface area contributed by atoms with Gasteiger partial charge in [-0.05, 0) is 47.4 Å². The number of hydrogen-bond acceptors (Lipinski definition) is 2. The third-order valence-corrected chi connectivity index (χ3v) is 5.19. The van der Waals surface area contributed by atoms with Crippen LogP contribution >= 0.6 is 0 Å². The van der Waals surface area contributed by atoms with Crippen molar-refractivity contribution in [2.45, 2.75) is 6.42 Å². The number of amides is 1. The van der Waals surface area contributed by atoms with E-state index in [0.29, 0.717) is 13.0 Å². The van der Waals surface area contributed by atoms with E-state index in [9.17, 15) is 9.18 Å². The first-order chi connectivity index (χ1) is 15.2. The number of fused-ring (bicyclic) bond motifs is 1. The van der Waals surface area contributed by atoms with Crippen LogP contribution in [0, 0.1) is 5.82 Å². The lowest BCUT2D eigenvalue weighted by molar-refractivity contribution is -0.116. The smallest absolute Gasteiger partial charge is 0.244 e. The molecule has 0 saturated heterocycles. The van der Waals surface area contributed by atoms with Gasteiger partial charge >= 0.3 is 0 Å². The maximum atomic E-state index is 13.8. The monoisotopic (exact) mass is 414 g/mol. The van der Waals surface area contributed by atoms with Crippen LogP contribution in [0.1, 0.15) is 11.1 Å². The Labute approximate surface area is 180 Å². The van der Waals surface area contributed by atoms with Crippen molar-refractivity contribution in [2.24, 2.45) is 0 Å². The van der Waals surface area contributed by atoms with E-state index in [2.05, 4.69) is 10.3 Å². The molecule has 0 fully saturated rings. The summed E-state index contributed by atoms with van der Waals surface area (Å²) in [5.74, 6) is 0.275. The molecule has 0 radical (unpaired) electrons. The number of methoxy groups -OCH3 is 1. The Kier molecular flexibility index (Phi) is 6.13. The molecule has 0 aliphatic rings. The SMILES string of the molecule is COc1cccc2c(/C=C/C(=O)NCCc3cc(F)ccc3-c3ccccc3)c[nH]c12. The van der Waals surface area contributed by atoms with Gasteiger partial charge < -0.3 is 15.0 Å². The van der Waals surface area contributed by atoms with Crippen LogP contribution in [-0.4, -0.2) is 24.5 Å². The average molecular weight is 414 g/mol. The molecule has 0 atom stereocenters. The van der Waals surface area contributed by atoms with Crippen LogP contribution in [0.4, 0.5) is 4.39 Å². The largest absolute Gasteiger partial charge is 0.495 e. The summed E-state index contributed by atoms with van der Waals surface area (Å²) in [6.07, 6.45) is 5.65. The van der Waals surface area contributed by atoms with Crippen LogP contribution in [0.15, 0.2) is 79.0 Å². The van der Waals surface area contributed by atoms with E-state index in [1.54, 1.807) is 19.3 Å². The van der Waals surface area contributed by atoms with E-state index in [-0.39, 0.29) is 11.7 Å². The second-order valence-electron chi connectivity index (χ2n) is 7.17. The van der Waals surface area contributed by atoms with E-state index in [4.69, 9.17) is 4.74 Å². The molecule has 2 N–H and O–H groups in total. The summed E-state index contributed by atoms with van der Waals surface area (Å²) in [5, 5.41) is 3.86. The Morgan fingerprint density at radius 2 is 1.94 bits per heavy atom. The fraction of sp³-hybridized carbons (Fsp3) is 0.115. The zero-order chi connectivity index (χ0) is 21.6. The summed E-state index contributed by atoms with van der Waals surface area (Å²) in [7, 11) is 1.63. The van der Waals surface area contributed by atoms with Gasteiger partial charge in [-0.25, -0.2) is 4.39 Å². The van der Waals surface area contributed by atoms with Crippen LogP contribution in [-0.2, 0) is 11.2 Å². The quantitative estimate of drug-likeness (QED) is 0.400. The van der Waals surface area contributed by atoms with E-state index in [1.807, 2.05) is 54.7 Å². The Bertz CT molecular complexity index is 1230. The molecule has 3 aromatic carbocycles. The number of carbonyl (C=O) groups is 1. The van der Waals surface area contributed by atoms with E-state index >= 15 is 0 Å². The Hall–Kier alpha value is -3.86. The van der Waals surface area contributed by atoms with Crippen molar-refractivity contribution in [3.63, 3.8) is 0 Å². The number of nitrogens with one attached hydrogen (secondary N) is 2. The van der Waals surface area contributed by atoms with Crippen molar-refractivity contribution in [3.05, 3.63) is 95.9 Å². The Morgan fingerprint density at radius 3 is 2.74 bits per heavy atom. The molecule has 4 nitrogen and oxygen atoms in total. The molecule has 0 bridgehead atoms. The highest BCUT2D eigenvalue weighted by Crippen LogP contribution is 2.27. The lowest BCUT2D eigenvalue weighted by Gasteiger charge is -2.10. The number of carbonyl (C=O) groups excluding carboxylic acids is 1. The summed E-state index contributed by atoms with van der Waals surface area (Å²) in [5.41, 5.74) is 4.65. The third kappa shape index (κ3) is 4.67. The molecule has 1 aromatic heterocycles. The second-order valence-corrected chi connectivity index (χ2v) is 7.17. The van der Waals surface area contributed by atoms with Gasteiger partial charge in [-0.2, -0.15) is 0 Å². The number of aromatic nitrogens is 1. The minimum absolute atomic E-state index is 0.199. The van der Waals surface area contributed by atoms with Gasteiger partial charge in [0.25, 0.3) is 0 Å². The normalized spacial score (nSPS) is 11.2. The van der Waals surface area contributed by atoms with Crippen molar-refractivity contribution in [2.75, 3.05) is 13.7 Å². The molecule has 156 valence electrons. The van der Waals surface area contributed by atoms with Gasteiger partial charge in [0.15, 0.2) is 0 Å². The molecule has 0 aliphatic carbocycles. The molecule has 0 unspecified atom stereocenters. The molecule has 0 spiro atoms. The van der Waals surface area contributed by atoms with Gasteiger partial charge in [0.2, 0.25) is 5.91 Å². The highest BCUT2D eigenvalue weighted by molar-refractivity contribution is 5.97. The number of rotatable bonds is 7. The maximum absolute atomic E-state index is 13.8. The second kappa shape index (κ2) is 9.30. The van der Waals surface area contributed by atoms with E-state index in [0.717, 1.165) is 38.9 Å². The Morgan fingerprint density at radius 1 is 1.10 bits per heavy atom. The van der Waals surface area contributed by atoms with Gasteiger partial charge in [-0.15, -0.1) is 0 Å². The van der Waals surface area contributed by atoms with Crippen LogP contribution in [0.3, 0.4) is 0 Å². The number of halogens is 1. The fourth-order valence-corrected chi connectivity index (χ4v) is 3.67. The summed E-state index contributed by atoms with van der Waals surface area (Å²) in [6, 6.07) is 20.4. The van der Waals surface area contributed by atoms with Crippen molar-refractivity contribution in [3.8, 4) is 16.9 Å². The van der Waals surface area contributed by atoms with Gasteiger partial charge in [0, 0.05) is 29.8 Å². The van der Waals surface area contributed by atoms with Crippen LogP contribution in [0.25, 0.3) is 28.1 Å². The Balaban J connectivity index is 1.41. The number of H-pyrrole nitrogens is 1. The molecule has 1 amide bonds. The third-order valence-electron chi connectivity index (χ3n) is 5.19. The van der Waals surface area contributed by atoms with Crippen molar-refractivity contribution >= 4 is 22.9 Å². The zero-order valence-corrected chi connectivity index (χ0v) is 17.2. The van der Waals surface area contributed by atoms with Crippen LogP contribution < -0.4 is 10.1 Å². The predicted octanol–water partition coefficient (Wildman–Crippen LogP) is 5.35. The lowest BCUT2D eigenvalue weighted by atomic mass is 9.97. The minimum Gasteiger partial charge on any atom is -0.495 e. The van der Waals surface area contributed by atoms with Gasteiger partial charge in [-0.3, -0.25) is 4.79 Å². The standard InChI is InChI=1S/C26H23FN2O2/c1-31-24-9-5-8-23-20(17-29-26(23)24)10-13-25(30)28-15-14-19-16-21(27)11-12-22(19)18-6-3-2-4-7-18/h2-13,16-17,29H,14-15H2,1H3,(H,28,30)/b13-10+. The number of aromatic amines is 1. The number of benzene rings is 3. The topological polar surface area (TPSA) is 54.1 Å². The van der Waals surface area contributed by atoms with Crippen molar-refractivity contribution in [1.82, 2.24) is 10.3 Å². The first-order valence-electron chi connectivity index (χ1n) is 10.1. The molecule has 4 rings (SSSR count). The summed E-state index contributed by atoms with van der Waals surface area (Å²) in [6.45, 7) is 0.411. The average Bonchev–Trinajstić information content (AvgIpc) is 3.21. The molecule has 0 saturated carbocycles. The molecule has 31 heavy (non-hydrogen) atoms. The van der Waals surface area contributed by atoms with Crippen LogP contribution in [0.5, 0.6) is 5.75 Å². The first kappa shape index (κ1) is 20.4. The summed E-state index contributed by atoms with van der Waals surface area (Å²) < 4.78 is 19.1. The molecule has 4 aromatic rings. The van der Waals surface area contributed by atoms with Gasteiger partial charge in [0.1, 0.15) is 11.6 Å². The maximum Gasteiger partial charge on any atom is 0.244 e. The molecular formula is C26H23FN2O2. The summed E-state index contributed by atoms with van der Waals surface area (Å²) in [4.78, 5) is 15.5. The van der Waals surface area contributed by atoms with E-state index < -0.39 is 0 Å². The summed E-state index contributed by atoms with van der Waals surface area (Å²) >= 11 is 0. The van der Waals surface area contributed by atoms with E-state index in [1.165, 1.54) is 18.2 Å². The van der Waals surface area contributed by atoms with Gasteiger partial charge in [-0.1, -0.05) is 48.5 Å². The minimum atomic E-state index is -0.282. The van der Waals surface area contributed by atoms with Gasteiger partial charge in [0.05, 0.1) is 12.6 Å². The fourth-order valence-electron chi connectivity index (χ4n) is 3.67. The molecule has 0 aliphatic heterocycles. The molecule has 5 heteroatoms. The number of para-hydroxylation sites is 1. The van der Waals surface area contributed by atoms with Crippen molar-refractivity contribution < 1.29 is 13.9 Å². The zero-order valence-electron chi connectivity index (χ0n) is 17.2. The highest BCUT2D eigenvalue weighted by atomic mass is 19.1. The van der Waals surface area contributed by atoms with Crippen LogP contribution in [0.2, 0.25) is 0 Å². The first-order valence-corrected chi connectivity index (χ1v) is 10.1. The van der Waals surface area contributed by atoms with Crippen molar-refractivity contribution in [1.29, 1.82) is 0 Å². The molecule has 1 heterocycles. The number of hydrogen-bond donors (Lipinski definition) is 2.